The molecule has 2 rings (SSSR count). The molecule has 1 aromatic carbocycles. The molecule has 0 radical (unpaired) electrons. The van der Waals surface area contributed by atoms with Crippen molar-refractivity contribution in [3.8, 4) is 5.75 Å². The van der Waals surface area contributed by atoms with Crippen LogP contribution in [-0.4, -0.2) is 61.3 Å². The van der Waals surface area contributed by atoms with Crippen LogP contribution in [0.5, 0.6) is 5.75 Å². The van der Waals surface area contributed by atoms with Crippen molar-refractivity contribution in [2.24, 2.45) is 0 Å². The number of ether oxygens (including phenoxy) is 1. The molecule has 0 unspecified atom stereocenters. The summed E-state index contributed by atoms with van der Waals surface area (Å²) in [5.74, 6) is 0.805. The summed E-state index contributed by atoms with van der Waals surface area (Å²) in [7, 11) is 2.16. The van der Waals surface area contributed by atoms with Gasteiger partial charge in [-0.15, -0.1) is 0 Å². The van der Waals surface area contributed by atoms with Crippen LogP contribution in [0.2, 0.25) is 0 Å². The topological polar surface area (TPSA) is 35.9 Å². The van der Waals surface area contributed by atoms with Crippen LogP contribution in [0.3, 0.4) is 0 Å². The summed E-state index contributed by atoms with van der Waals surface area (Å²) in [6.07, 6.45) is -0.492. The van der Waals surface area contributed by atoms with Crippen molar-refractivity contribution in [1.29, 1.82) is 0 Å². The average Bonchev–Trinajstić information content (AvgIpc) is 2.42. The van der Waals surface area contributed by atoms with Gasteiger partial charge in [0.25, 0.3) is 0 Å². The van der Waals surface area contributed by atoms with Gasteiger partial charge in [0.05, 0.1) is 6.10 Å². The third-order valence-corrected chi connectivity index (χ3v) is 3.88. The minimum atomic E-state index is -0.492. The van der Waals surface area contributed by atoms with Gasteiger partial charge >= 0.3 is 0 Å². The molecule has 0 bridgehead atoms. The van der Waals surface area contributed by atoms with Gasteiger partial charge in [0.15, 0.2) is 0 Å². The molecule has 1 aliphatic heterocycles. The SMILES string of the molecule is Cc1ccc(OCCN2CCN(C)CC2)c([C@H](C)O)c1. The second-order valence-electron chi connectivity index (χ2n) is 5.71. The van der Waals surface area contributed by atoms with Crippen molar-refractivity contribution in [2.75, 3.05) is 46.4 Å². The number of nitrogens with zero attached hydrogens (tertiary/aromatic N) is 2. The molecule has 1 atom stereocenters. The molecular formula is C16H26N2O2. The van der Waals surface area contributed by atoms with E-state index in [0.29, 0.717) is 6.61 Å². The minimum Gasteiger partial charge on any atom is -0.492 e. The van der Waals surface area contributed by atoms with Crippen LogP contribution in [0.15, 0.2) is 18.2 Å². The maximum absolute atomic E-state index is 9.81. The standard InChI is InChI=1S/C16H26N2O2/c1-13-4-5-16(15(12-13)14(2)19)20-11-10-18-8-6-17(3)7-9-18/h4-5,12,14,19H,6-11H2,1-3H3/t14-/m0/s1. The number of aryl methyl sites for hydroxylation is 1. The summed E-state index contributed by atoms with van der Waals surface area (Å²) in [5.41, 5.74) is 2.02. The number of hydrogen-bond acceptors (Lipinski definition) is 4. The fourth-order valence-electron chi connectivity index (χ4n) is 2.48. The minimum absolute atomic E-state index is 0.492. The normalized spacial score (nSPS) is 19.0. The van der Waals surface area contributed by atoms with Gasteiger partial charge in [-0.05, 0) is 33.0 Å². The molecule has 1 N–H and O–H groups in total. The Balaban J connectivity index is 1.85. The van der Waals surface area contributed by atoms with Crippen LogP contribution in [0.1, 0.15) is 24.2 Å². The Bertz CT molecular complexity index is 426. The number of aliphatic hydroxyl groups excluding tert-OH is 1. The number of benzene rings is 1. The van der Waals surface area contributed by atoms with Crippen molar-refractivity contribution in [3.63, 3.8) is 0 Å². The third kappa shape index (κ3) is 4.20. The number of hydrogen-bond donors (Lipinski definition) is 1. The van der Waals surface area contributed by atoms with Crippen LogP contribution in [0, 0.1) is 6.92 Å². The fraction of sp³-hybridized carbons (Fsp3) is 0.625. The van der Waals surface area contributed by atoms with Crippen molar-refractivity contribution in [1.82, 2.24) is 9.80 Å². The van der Waals surface area contributed by atoms with Gasteiger partial charge in [-0.2, -0.15) is 0 Å². The first-order chi connectivity index (χ1) is 9.56. The van der Waals surface area contributed by atoms with E-state index in [0.717, 1.165) is 49.6 Å². The van der Waals surface area contributed by atoms with E-state index in [9.17, 15) is 5.11 Å². The molecule has 0 amide bonds. The summed E-state index contributed by atoms with van der Waals surface area (Å²) in [4.78, 5) is 4.78. The molecule has 1 heterocycles. The zero-order chi connectivity index (χ0) is 14.5. The molecule has 0 spiro atoms. The van der Waals surface area contributed by atoms with Gasteiger partial charge < -0.3 is 14.7 Å². The lowest BCUT2D eigenvalue weighted by atomic mass is 10.1. The lowest BCUT2D eigenvalue weighted by Gasteiger charge is -2.32. The Hall–Kier alpha value is -1.10. The summed E-state index contributed by atoms with van der Waals surface area (Å²) in [6.45, 7) is 9.90. The van der Waals surface area contributed by atoms with Gasteiger partial charge in [0, 0.05) is 38.3 Å². The summed E-state index contributed by atoms with van der Waals surface area (Å²) >= 11 is 0. The molecule has 20 heavy (non-hydrogen) atoms. The van der Waals surface area contributed by atoms with Gasteiger partial charge in [-0.25, -0.2) is 0 Å². The Morgan fingerprint density at radius 1 is 1.25 bits per heavy atom. The highest BCUT2D eigenvalue weighted by Gasteiger charge is 2.14. The van der Waals surface area contributed by atoms with Crippen molar-refractivity contribution >= 4 is 0 Å². The van der Waals surface area contributed by atoms with Crippen molar-refractivity contribution < 1.29 is 9.84 Å². The van der Waals surface area contributed by atoms with E-state index in [2.05, 4.69) is 16.8 Å². The van der Waals surface area contributed by atoms with Gasteiger partial charge in [-0.1, -0.05) is 11.6 Å². The smallest absolute Gasteiger partial charge is 0.125 e. The van der Waals surface area contributed by atoms with Crippen LogP contribution in [0.25, 0.3) is 0 Å². The van der Waals surface area contributed by atoms with Crippen LogP contribution >= 0.6 is 0 Å². The second-order valence-corrected chi connectivity index (χ2v) is 5.71. The number of likely N-dealkylation sites (N-methyl/N-ethyl adjacent to an activating group) is 1. The quantitative estimate of drug-likeness (QED) is 0.889. The molecule has 1 saturated heterocycles. The molecule has 0 aliphatic carbocycles. The summed E-state index contributed by atoms with van der Waals surface area (Å²) in [6, 6.07) is 5.98. The number of aliphatic hydroxyl groups is 1. The highest BCUT2D eigenvalue weighted by molar-refractivity contribution is 5.38. The first-order valence-corrected chi connectivity index (χ1v) is 7.38. The van der Waals surface area contributed by atoms with Gasteiger partial charge in [0.2, 0.25) is 0 Å². The third-order valence-electron chi connectivity index (χ3n) is 3.88. The molecule has 1 fully saturated rings. The highest BCUT2D eigenvalue weighted by atomic mass is 16.5. The molecule has 1 aromatic rings. The van der Waals surface area contributed by atoms with E-state index in [1.807, 2.05) is 25.1 Å². The van der Waals surface area contributed by atoms with E-state index >= 15 is 0 Å². The molecule has 0 aromatic heterocycles. The van der Waals surface area contributed by atoms with E-state index < -0.39 is 6.10 Å². The van der Waals surface area contributed by atoms with Crippen molar-refractivity contribution in [3.05, 3.63) is 29.3 Å². The predicted molar refractivity (Wildman–Crippen MR) is 81.2 cm³/mol. The summed E-state index contributed by atoms with van der Waals surface area (Å²) < 4.78 is 5.87. The summed E-state index contributed by atoms with van der Waals surface area (Å²) in [5, 5.41) is 9.81. The average molecular weight is 278 g/mol. The molecular weight excluding hydrogens is 252 g/mol. The van der Waals surface area contributed by atoms with E-state index in [1.165, 1.54) is 0 Å². The molecule has 1 aliphatic rings. The first kappa shape index (κ1) is 15.3. The Morgan fingerprint density at radius 2 is 1.95 bits per heavy atom. The zero-order valence-corrected chi connectivity index (χ0v) is 12.8. The van der Waals surface area contributed by atoms with E-state index in [1.54, 1.807) is 6.92 Å². The predicted octanol–water partition coefficient (Wildman–Crippen LogP) is 1.67. The highest BCUT2D eigenvalue weighted by Crippen LogP contribution is 2.26. The fourth-order valence-corrected chi connectivity index (χ4v) is 2.48. The first-order valence-electron chi connectivity index (χ1n) is 7.38. The van der Waals surface area contributed by atoms with Crippen LogP contribution in [0.4, 0.5) is 0 Å². The maximum Gasteiger partial charge on any atom is 0.125 e. The second kappa shape index (κ2) is 7.07. The molecule has 4 nitrogen and oxygen atoms in total. The monoisotopic (exact) mass is 278 g/mol. The van der Waals surface area contributed by atoms with Crippen molar-refractivity contribution in [2.45, 2.75) is 20.0 Å². The Labute approximate surface area is 122 Å². The Kier molecular flexibility index (Phi) is 5.40. The zero-order valence-electron chi connectivity index (χ0n) is 12.8. The Morgan fingerprint density at radius 3 is 2.60 bits per heavy atom. The maximum atomic E-state index is 9.81. The molecule has 4 heteroatoms. The van der Waals surface area contributed by atoms with E-state index in [4.69, 9.17) is 4.74 Å². The lowest BCUT2D eigenvalue weighted by molar-refractivity contribution is 0.131. The largest absolute Gasteiger partial charge is 0.492 e. The van der Waals surface area contributed by atoms with Crippen LogP contribution in [-0.2, 0) is 0 Å². The molecule has 112 valence electrons. The van der Waals surface area contributed by atoms with Crippen LogP contribution < -0.4 is 4.74 Å². The number of rotatable bonds is 5. The van der Waals surface area contributed by atoms with Gasteiger partial charge in [-0.3, -0.25) is 4.90 Å². The molecule has 0 saturated carbocycles. The number of piperazine rings is 1. The van der Waals surface area contributed by atoms with E-state index in [-0.39, 0.29) is 0 Å². The lowest BCUT2D eigenvalue weighted by Crippen LogP contribution is -2.45. The van der Waals surface area contributed by atoms with Gasteiger partial charge in [0.1, 0.15) is 12.4 Å².